The first-order valence-electron chi connectivity index (χ1n) is 10.00. The maximum atomic E-state index is 13.0. The van der Waals surface area contributed by atoms with Crippen LogP contribution >= 0.6 is 0 Å². The fraction of sp³-hybridized carbons (Fsp3) is 0.160. The van der Waals surface area contributed by atoms with Gasteiger partial charge in [0.05, 0.1) is 0 Å². The van der Waals surface area contributed by atoms with Crippen LogP contribution < -0.4 is 10.6 Å². The van der Waals surface area contributed by atoms with Crippen molar-refractivity contribution in [1.82, 2.24) is 10.6 Å². The van der Waals surface area contributed by atoms with Crippen LogP contribution in [0, 0.1) is 0 Å². The Bertz CT molecular complexity index is 1010. The average Bonchev–Trinajstić information content (AvgIpc) is 2.80. The van der Waals surface area contributed by atoms with Gasteiger partial charge in [0.1, 0.15) is 12.1 Å². The second-order valence-corrected chi connectivity index (χ2v) is 7.17. The molecule has 0 aromatic heterocycles. The molecular formula is C25H24N2O4. The third kappa shape index (κ3) is 6.54. The number of carboxylic acid groups (broad SMARTS) is 1. The monoisotopic (exact) mass is 416 g/mol. The van der Waals surface area contributed by atoms with E-state index in [9.17, 15) is 19.5 Å². The molecule has 0 aliphatic rings. The summed E-state index contributed by atoms with van der Waals surface area (Å²) in [6, 6.07) is 24.9. The van der Waals surface area contributed by atoms with Crippen LogP contribution in [0.3, 0.4) is 0 Å². The highest BCUT2D eigenvalue weighted by Gasteiger charge is 2.27. The lowest BCUT2D eigenvalue weighted by atomic mass is 10.0. The smallest absolute Gasteiger partial charge is 0.326 e. The van der Waals surface area contributed by atoms with Crippen molar-refractivity contribution in [3.63, 3.8) is 0 Å². The van der Waals surface area contributed by atoms with Crippen molar-refractivity contribution in [1.29, 1.82) is 0 Å². The Morgan fingerprint density at radius 1 is 0.645 bits per heavy atom. The summed E-state index contributed by atoms with van der Waals surface area (Å²) in [6.45, 7) is 0. The summed E-state index contributed by atoms with van der Waals surface area (Å²) < 4.78 is 0. The Morgan fingerprint density at radius 2 is 1.10 bits per heavy atom. The molecule has 3 aromatic carbocycles. The first kappa shape index (κ1) is 21.8. The van der Waals surface area contributed by atoms with Crippen molar-refractivity contribution in [2.75, 3.05) is 0 Å². The van der Waals surface area contributed by atoms with Crippen LogP contribution in [0.5, 0.6) is 0 Å². The first-order chi connectivity index (χ1) is 15.0. The predicted octanol–water partition coefficient (Wildman–Crippen LogP) is 2.84. The summed E-state index contributed by atoms with van der Waals surface area (Å²) in [5, 5.41) is 14.9. The summed E-state index contributed by atoms with van der Waals surface area (Å²) in [5.41, 5.74) is 2.07. The number of amides is 2. The van der Waals surface area contributed by atoms with Gasteiger partial charge in [0.15, 0.2) is 0 Å². The molecule has 0 spiro atoms. The minimum atomic E-state index is -1.13. The maximum absolute atomic E-state index is 13.0. The third-order valence-electron chi connectivity index (χ3n) is 4.84. The van der Waals surface area contributed by atoms with Gasteiger partial charge in [-0.15, -0.1) is 0 Å². The molecule has 0 fully saturated rings. The average molecular weight is 416 g/mol. The predicted molar refractivity (Wildman–Crippen MR) is 118 cm³/mol. The highest BCUT2D eigenvalue weighted by molar-refractivity contribution is 5.98. The highest BCUT2D eigenvalue weighted by atomic mass is 16.4. The molecule has 0 radical (unpaired) electrons. The standard InChI is InChI=1S/C25H24N2O4/c28-23(20-14-8-3-9-15-20)26-21(16-18-10-4-1-5-11-18)24(29)27-22(25(30)31)17-19-12-6-2-7-13-19/h1-15,21-22H,16-17H2,(H,26,28)(H,27,29)(H,30,31)/t21-,22?/m0/s1. The van der Waals surface area contributed by atoms with Crippen molar-refractivity contribution in [2.45, 2.75) is 24.9 Å². The normalized spacial score (nSPS) is 12.4. The molecule has 0 aliphatic heterocycles. The number of aliphatic carboxylic acids is 1. The van der Waals surface area contributed by atoms with Crippen LogP contribution in [0.2, 0.25) is 0 Å². The molecule has 158 valence electrons. The minimum Gasteiger partial charge on any atom is -0.480 e. The lowest BCUT2D eigenvalue weighted by Crippen LogP contribution is -2.53. The van der Waals surface area contributed by atoms with E-state index in [2.05, 4.69) is 10.6 Å². The molecule has 6 heteroatoms. The molecule has 31 heavy (non-hydrogen) atoms. The maximum Gasteiger partial charge on any atom is 0.326 e. The van der Waals surface area contributed by atoms with E-state index in [0.29, 0.717) is 5.56 Å². The van der Waals surface area contributed by atoms with Gasteiger partial charge in [0.2, 0.25) is 5.91 Å². The largest absolute Gasteiger partial charge is 0.480 e. The molecule has 2 atom stereocenters. The lowest BCUT2D eigenvalue weighted by molar-refractivity contribution is -0.142. The van der Waals surface area contributed by atoms with Crippen molar-refractivity contribution < 1.29 is 19.5 Å². The van der Waals surface area contributed by atoms with Gasteiger partial charge in [-0.2, -0.15) is 0 Å². The van der Waals surface area contributed by atoms with Crippen molar-refractivity contribution in [3.8, 4) is 0 Å². The van der Waals surface area contributed by atoms with Crippen LogP contribution in [0.1, 0.15) is 21.5 Å². The van der Waals surface area contributed by atoms with E-state index < -0.39 is 29.9 Å². The number of rotatable bonds is 9. The topological polar surface area (TPSA) is 95.5 Å². The molecule has 0 saturated heterocycles. The van der Waals surface area contributed by atoms with E-state index in [0.717, 1.165) is 11.1 Å². The Balaban J connectivity index is 1.76. The zero-order valence-electron chi connectivity index (χ0n) is 16.9. The molecule has 3 aromatic rings. The number of carboxylic acids is 1. The van der Waals surface area contributed by atoms with Gasteiger partial charge in [-0.1, -0.05) is 78.9 Å². The van der Waals surface area contributed by atoms with Gasteiger partial charge in [-0.25, -0.2) is 4.79 Å². The second-order valence-electron chi connectivity index (χ2n) is 7.17. The molecule has 6 nitrogen and oxygen atoms in total. The number of hydrogen-bond donors (Lipinski definition) is 3. The molecule has 0 saturated carbocycles. The highest BCUT2D eigenvalue weighted by Crippen LogP contribution is 2.08. The molecule has 0 heterocycles. The van der Waals surface area contributed by atoms with E-state index >= 15 is 0 Å². The Labute approximate surface area is 180 Å². The van der Waals surface area contributed by atoms with Crippen LogP contribution in [0.4, 0.5) is 0 Å². The SMILES string of the molecule is O=C(N[C@@H](Cc1ccccc1)C(=O)NC(Cc1ccccc1)C(=O)O)c1ccccc1. The van der Waals surface area contributed by atoms with E-state index in [-0.39, 0.29) is 12.8 Å². The number of carbonyl (C=O) groups excluding carboxylic acids is 2. The van der Waals surface area contributed by atoms with Crippen LogP contribution in [-0.4, -0.2) is 35.0 Å². The van der Waals surface area contributed by atoms with Gasteiger partial charge in [0, 0.05) is 18.4 Å². The van der Waals surface area contributed by atoms with Gasteiger partial charge < -0.3 is 15.7 Å². The Hall–Kier alpha value is -3.93. The van der Waals surface area contributed by atoms with E-state index in [1.54, 1.807) is 42.5 Å². The fourth-order valence-electron chi connectivity index (χ4n) is 3.21. The van der Waals surface area contributed by atoms with E-state index in [1.807, 2.05) is 48.5 Å². The second kappa shape index (κ2) is 10.7. The van der Waals surface area contributed by atoms with Gasteiger partial charge in [-0.3, -0.25) is 9.59 Å². The number of nitrogens with one attached hydrogen (secondary N) is 2. The molecule has 3 rings (SSSR count). The third-order valence-corrected chi connectivity index (χ3v) is 4.84. The molecule has 3 N–H and O–H groups in total. The zero-order chi connectivity index (χ0) is 22.1. The molecular weight excluding hydrogens is 392 g/mol. The van der Waals surface area contributed by atoms with Crippen molar-refractivity contribution in [2.24, 2.45) is 0 Å². The van der Waals surface area contributed by atoms with E-state index in [4.69, 9.17) is 0 Å². The van der Waals surface area contributed by atoms with E-state index in [1.165, 1.54) is 0 Å². The van der Waals surface area contributed by atoms with Gasteiger partial charge >= 0.3 is 5.97 Å². The summed E-state index contributed by atoms with van der Waals surface area (Å²) in [4.78, 5) is 37.4. The van der Waals surface area contributed by atoms with Crippen LogP contribution in [0.15, 0.2) is 91.0 Å². The number of benzene rings is 3. The summed E-state index contributed by atoms with van der Waals surface area (Å²) in [6.07, 6.45) is 0.384. The molecule has 0 aliphatic carbocycles. The van der Waals surface area contributed by atoms with Crippen molar-refractivity contribution >= 4 is 17.8 Å². The Kier molecular flexibility index (Phi) is 7.54. The molecule has 1 unspecified atom stereocenters. The molecule has 0 bridgehead atoms. The van der Waals surface area contributed by atoms with Gasteiger partial charge in [-0.05, 0) is 23.3 Å². The van der Waals surface area contributed by atoms with Crippen LogP contribution in [-0.2, 0) is 22.4 Å². The summed E-state index contributed by atoms with van der Waals surface area (Å²) in [7, 11) is 0. The van der Waals surface area contributed by atoms with Gasteiger partial charge in [0.25, 0.3) is 5.91 Å². The Morgan fingerprint density at radius 3 is 1.58 bits per heavy atom. The summed E-state index contributed by atoms with van der Waals surface area (Å²) >= 11 is 0. The number of carbonyl (C=O) groups is 3. The van der Waals surface area contributed by atoms with Crippen molar-refractivity contribution in [3.05, 3.63) is 108 Å². The lowest BCUT2D eigenvalue weighted by Gasteiger charge is -2.22. The molecule has 2 amide bonds. The summed E-state index contributed by atoms with van der Waals surface area (Å²) in [5.74, 6) is -2.08. The zero-order valence-corrected chi connectivity index (χ0v) is 16.9. The van der Waals surface area contributed by atoms with Crippen LogP contribution in [0.25, 0.3) is 0 Å². The number of hydrogen-bond acceptors (Lipinski definition) is 3. The first-order valence-corrected chi connectivity index (χ1v) is 10.00. The minimum absolute atomic E-state index is 0.145. The quantitative estimate of drug-likeness (QED) is 0.500. The fourth-order valence-corrected chi connectivity index (χ4v) is 3.21.